The predicted molar refractivity (Wildman–Crippen MR) is 141 cm³/mol. The van der Waals surface area contributed by atoms with Crippen molar-refractivity contribution in [1.29, 1.82) is 0 Å². The number of carbonyl (C=O) groups excluding carboxylic acids is 1. The minimum Gasteiger partial charge on any atom is -0.396 e. The fourth-order valence-corrected chi connectivity index (χ4v) is 5.17. The molecule has 5 rings (SSSR count). The van der Waals surface area contributed by atoms with Crippen LogP contribution in [0.5, 0.6) is 11.5 Å². The zero-order valence-electron chi connectivity index (χ0n) is 21.5. The molecule has 3 N–H and O–H groups in total. The summed E-state index contributed by atoms with van der Waals surface area (Å²) in [7, 11) is 0. The third kappa shape index (κ3) is 4.60. The highest BCUT2D eigenvalue weighted by Gasteiger charge is 2.53. The molecule has 210 valence electrons. The van der Waals surface area contributed by atoms with Gasteiger partial charge in [0, 0.05) is 46.6 Å². The molecular weight excluding hydrogens is 501 g/mol. The van der Waals surface area contributed by atoms with E-state index in [9.17, 15) is 23.8 Å². The van der Waals surface area contributed by atoms with Crippen molar-refractivity contribution < 1.29 is 41.9 Å². The summed E-state index contributed by atoms with van der Waals surface area (Å²) in [5, 5.41) is 22.6. The van der Waals surface area contributed by atoms with Crippen LogP contribution in [-0.2, 0) is 22.2 Å². The predicted octanol–water partition coefficient (Wildman–Crippen LogP) is 5.80. The summed E-state index contributed by atoms with van der Waals surface area (Å²) in [6.45, 7) is 6.30. The van der Waals surface area contributed by atoms with Gasteiger partial charge in [0.1, 0.15) is 5.82 Å². The number of anilines is 1. The quantitative estimate of drug-likeness (QED) is 0.320. The van der Waals surface area contributed by atoms with Gasteiger partial charge in [-0.15, -0.1) is 8.78 Å². The molecule has 7 nitrogen and oxygen atoms in total. The first-order valence-electron chi connectivity index (χ1n) is 12.7. The molecule has 2 aliphatic rings. The molecular formula is C28H37F3N2O5. The molecule has 2 heterocycles. The number of halogens is 3. The van der Waals surface area contributed by atoms with Crippen LogP contribution in [0.2, 0.25) is 0 Å². The van der Waals surface area contributed by atoms with Gasteiger partial charge in [-0.3, -0.25) is 4.79 Å². The number of ether oxygens (including phenoxy) is 2. The van der Waals surface area contributed by atoms with Gasteiger partial charge in [0.15, 0.2) is 11.5 Å². The Hall–Kier alpha value is -3.24. The number of benzene rings is 2. The summed E-state index contributed by atoms with van der Waals surface area (Å²) in [5.74, 6) is -1.37. The minimum absolute atomic E-state index is 0. The molecule has 0 bridgehead atoms. The second-order valence-corrected chi connectivity index (χ2v) is 11.0. The SMILES string of the molecule is C[C@@H](CO)Cn1c(C(C)(C)CCO)cc2cc(NC(=O)C3(c4ccc5c(c4)OC(F)(F)O5)CC3)c(F)cc21.[HH].[HH].[HH]. The molecule has 1 aromatic heterocycles. The van der Waals surface area contributed by atoms with Gasteiger partial charge in [0.05, 0.1) is 16.6 Å². The standard InChI is InChI=1S/C28H31F3N2O5.3H2/c1-16(15-35)14-33-21-13-19(29)20(10-17(21)11-24(33)26(2,3)8-9-34)32-25(36)27(6-7-27)18-4-5-22-23(12-18)38-28(30,31)37-22;;;/h4-5,10-13,16,34-35H,6-9,14-15H2,1-3H3,(H,32,36);3*1H/t16-;;;/m1.../s1. The number of nitrogens with zero attached hydrogens (tertiary/aromatic N) is 1. The van der Waals surface area contributed by atoms with E-state index in [1.165, 1.54) is 18.2 Å². The summed E-state index contributed by atoms with van der Waals surface area (Å²) in [4.78, 5) is 13.4. The van der Waals surface area contributed by atoms with E-state index in [1.54, 1.807) is 12.1 Å². The van der Waals surface area contributed by atoms with E-state index in [0.29, 0.717) is 42.3 Å². The second kappa shape index (κ2) is 9.20. The molecule has 38 heavy (non-hydrogen) atoms. The third-order valence-corrected chi connectivity index (χ3v) is 7.61. The van der Waals surface area contributed by atoms with Crippen molar-refractivity contribution in [3.63, 3.8) is 0 Å². The molecule has 0 unspecified atom stereocenters. The third-order valence-electron chi connectivity index (χ3n) is 7.61. The van der Waals surface area contributed by atoms with E-state index in [4.69, 9.17) is 0 Å². The Bertz CT molecular complexity index is 1410. The van der Waals surface area contributed by atoms with Crippen LogP contribution in [-0.4, -0.2) is 40.2 Å². The Morgan fingerprint density at radius 3 is 2.53 bits per heavy atom. The van der Waals surface area contributed by atoms with Gasteiger partial charge < -0.3 is 29.6 Å². The molecule has 1 aliphatic carbocycles. The monoisotopic (exact) mass is 538 g/mol. The average Bonchev–Trinajstić information content (AvgIpc) is 3.50. The summed E-state index contributed by atoms with van der Waals surface area (Å²) in [5.41, 5.74) is 0.625. The number of nitrogens with one attached hydrogen (secondary N) is 1. The van der Waals surface area contributed by atoms with Crippen LogP contribution >= 0.6 is 0 Å². The van der Waals surface area contributed by atoms with Crippen LogP contribution in [0.25, 0.3) is 10.9 Å². The van der Waals surface area contributed by atoms with Crippen molar-refractivity contribution in [2.24, 2.45) is 5.92 Å². The first-order valence-corrected chi connectivity index (χ1v) is 12.7. The lowest BCUT2D eigenvalue weighted by molar-refractivity contribution is -0.286. The zero-order chi connectivity index (χ0) is 27.5. The topological polar surface area (TPSA) is 93.0 Å². The number of carbonyl (C=O) groups is 1. The molecule has 2 aromatic carbocycles. The van der Waals surface area contributed by atoms with Gasteiger partial charge in [0.25, 0.3) is 0 Å². The Morgan fingerprint density at radius 2 is 1.87 bits per heavy atom. The first kappa shape index (κ1) is 26.4. The summed E-state index contributed by atoms with van der Waals surface area (Å²) in [6.07, 6.45) is -2.30. The maximum Gasteiger partial charge on any atom is 0.586 e. The van der Waals surface area contributed by atoms with E-state index in [2.05, 4.69) is 14.8 Å². The normalized spacial score (nSPS) is 18.0. The van der Waals surface area contributed by atoms with Gasteiger partial charge in [-0.25, -0.2) is 4.39 Å². The number of aliphatic hydroxyl groups is 2. The molecule has 1 fully saturated rings. The van der Waals surface area contributed by atoms with E-state index in [0.717, 1.165) is 5.69 Å². The number of hydrogen-bond acceptors (Lipinski definition) is 5. The second-order valence-electron chi connectivity index (χ2n) is 11.0. The average molecular weight is 539 g/mol. The summed E-state index contributed by atoms with van der Waals surface area (Å²) >= 11 is 0. The highest BCUT2D eigenvalue weighted by atomic mass is 19.3. The van der Waals surface area contributed by atoms with Gasteiger partial charge in [0.2, 0.25) is 5.91 Å². The van der Waals surface area contributed by atoms with Crippen molar-refractivity contribution in [2.45, 2.75) is 63.7 Å². The lowest BCUT2D eigenvalue weighted by Crippen LogP contribution is -2.28. The van der Waals surface area contributed by atoms with Crippen LogP contribution in [0.3, 0.4) is 0 Å². The Kier molecular flexibility index (Phi) is 6.38. The number of fused-ring (bicyclic) bond motifs is 2. The van der Waals surface area contributed by atoms with Crippen molar-refractivity contribution in [2.75, 3.05) is 18.5 Å². The van der Waals surface area contributed by atoms with E-state index in [1.807, 2.05) is 31.4 Å². The van der Waals surface area contributed by atoms with Gasteiger partial charge >= 0.3 is 6.29 Å². The van der Waals surface area contributed by atoms with Crippen molar-refractivity contribution in [3.05, 3.63) is 53.5 Å². The lowest BCUT2D eigenvalue weighted by Gasteiger charge is -2.27. The first-order chi connectivity index (χ1) is 17.9. The highest BCUT2D eigenvalue weighted by molar-refractivity contribution is 6.02. The van der Waals surface area contributed by atoms with Gasteiger partial charge in [-0.1, -0.05) is 26.8 Å². The molecule has 1 amide bonds. The van der Waals surface area contributed by atoms with Crippen LogP contribution in [0.15, 0.2) is 36.4 Å². The maximum atomic E-state index is 15.4. The molecule has 10 heteroatoms. The molecule has 1 aliphatic heterocycles. The van der Waals surface area contributed by atoms with E-state index < -0.39 is 28.8 Å². The van der Waals surface area contributed by atoms with Crippen molar-refractivity contribution in [3.8, 4) is 11.5 Å². The molecule has 0 radical (unpaired) electrons. The van der Waals surface area contributed by atoms with Crippen LogP contribution < -0.4 is 14.8 Å². The number of aliphatic hydroxyl groups excluding tert-OH is 2. The maximum absolute atomic E-state index is 15.4. The van der Waals surface area contributed by atoms with Crippen LogP contribution in [0.4, 0.5) is 18.9 Å². The zero-order valence-corrected chi connectivity index (χ0v) is 21.5. The van der Waals surface area contributed by atoms with E-state index >= 15 is 4.39 Å². The molecule has 0 spiro atoms. The van der Waals surface area contributed by atoms with Crippen LogP contribution in [0.1, 0.15) is 55.6 Å². The Labute approximate surface area is 222 Å². The molecule has 3 aromatic rings. The summed E-state index contributed by atoms with van der Waals surface area (Å²) < 4.78 is 53.2. The fraction of sp³-hybridized carbons (Fsp3) is 0.464. The van der Waals surface area contributed by atoms with E-state index in [-0.39, 0.29) is 40.6 Å². The number of amides is 1. The lowest BCUT2D eigenvalue weighted by atomic mass is 9.85. The minimum atomic E-state index is -3.76. The largest absolute Gasteiger partial charge is 0.586 e. The molecule has 0 saturated heterocycles. The number of rotatable bonds is 9. The molecule has 1 atom stereocenters. The van der Waals surface area contributed by atoms with Gasteiger partial charge in [-0.2, -0.15) is 0 Å². The Balaban J connectivity index is 0.00000196. The van der Waals surface area contributed by atoms with Crippen LogP contribution in [0, 0.1) is 11.7 Å². The smallest absolute Gasteiger partial charge is 0.396 e. The Morgan fingerprint density at radius 1 is 1.16 bits per heavy atom. The number of aromatic nitrogens is 1. The number of hydrogen-bond donors (Lipinski definition) is 3. The fourth-order valence-electron chi connectivity index (χ4n) is 5.17. The molecule has 1 saturated carbocycles. The van der Waals surface area contributed by atoms with Crippen molar-refractivity contribution >= 4 is 22.5 Å². The van der Waals surface area contributed by atoms with Gasteiger partial charge in [-0.05, 0) is 55.0 Å². The van der Waals surface area contributed by atoms with Crippen molar-refractivity contribution in [1.82, 2.24) is 4.57 Å². The highest BCUT2D eigenvalue weighted by Crippen LogP contribution is 2.52. The number of alkyl halides is 2. The summed E-state index contributed by atoms with van der Waals surface area (Å²) in [6, 6.07) is 9.15.